The van der Waals surface area contributed by atoms with Crippen LogP contribution in [0.4, 0.5) is 0 Å². The topological polar surface area (TPSA) is 38.0 Å². The molecule has 3 nitrogen and oxygen atoms in total. The standard InChI is InChI=1S/C11H18N2O/c1-10(2)8-11(10,9-14)4-7-13-6-3-5-12-13/h3,5-6,14H,4,7-9H2,1-2H3. The normalized spacial score (nSPS) is 29.1. The first-order valence-corrected chi connectivity index (χ1v) is 5.18. The van der Waals surface area contributed by atoms with E-state index in [0.717, 1.165) is 19.4 Å². The van der Waals surface area contributed by atoms with Crippen LogP contribution in [0, 0.1) is 10.8 Å². The Hall–Kier alpha value is -0.830. The molecule has 1 aromatic heterocycles. The third-order valence-electron chi connectivity index (χ3n) is 3.77. The molecule has 1 atom stereocenters. The summed E-state index contributed by atoms with van der Waals surface area (Å²) in [4.78, 5) is 0. The Bertz CT molecular complexity index is 305. The van der Waals surface area contributed by atoms with Crippen molar-refractivity contribution < 1.29 is 5.11 Å². The minimum Gasteiger partial charge on any atom is -0.396 e. The van der Waals surface area contributed by atoms with Gasteiger partial charge in [-0.05, 0) is 24.3 Å². The van der Waals surface area contributed by atoms with Crippen LogP contribution in [0.15, 0.2) is 18.5 Å². The summed E-state index contributed by atoms with van der Waals surface area (Å²) >= 11 is 0. The van der Waals surface area contributed by atoms with E-state index in [2.05, 4.69) is 18.9 Å². The second-order valence-corrected chi connectivity index (χ2v) is 5.02. The molecule has 2 rings (SSSR count). The molecule has 0 aromatic carbocycles. The van der Waals surface area contributed by atoms with Gasteiger partial charge in [-0.15, -0.1) is 0 Å². The number of hydrogen-bond acceptors (Lipinski definition) is 2. The van der Waals surface area contributed by atoms with Gasteiger partial charge < -0.3 is 5.11 Å². The van der Waals surface area contributed by atoms with Gasteiger partial charge in [-0.25, -0.2) is 0 Å². The Labute approximate surface area is 84.7 Å². The summed E-state index contributed by atoms with van der Waals surface area (Å²) in [6.07, 6.45) is 5.93. The second kappa shape index (κ2) is 3.09. The van der Waals surface area contributed by atoms with Gasteiger partial charge in [-0.3, -0.25) is 4.68 Å². The molecule has 1 aliphatic rings. The van der Waals surface area contributed by atoms with E-state index in [1.165, 1.54) is 0 Å². The third kappa shape index (κ3) is 1.46. The lowest BCUT2D eigenvalue weighted by atomic mass is 9.93. The van der Waals surface area contributed by atoms with E-state index in [0.29, 0.717) is 12.0 Å². The van der Waals surface area contributed by atoms with Crippen molar-refractivity contribution in [1.82, 2.24) is 9.78 Å². The Morgan fingerprint density at radius 2 is 2.21 bits per heavy atom. The zero-order valence-electron chi connectivity index (χ0n) is 8.90. The van der Waals surface area contributed by atoms with Gasteiger partial charge in [0.15, 0.2) is 0 Å². The maximum atomic E-state index is 9.39. The summed E-state index contributed by atoms with van der Waals surface area (Å²) in [5.41, 5.74) is 0.466. The predicted octanol–water partition coefficient (Wildman–Crippen LogP) is 1.68. The van der Waals surface area contributed by atoms with Crippen LogP contribution in [0.5, 0.6) is 0 Å². The highest BCUT2D eigenvalue weighted by atomic mass is 16.3. The van der Waals surface area contributed by atoms with Crippen LogP contribution in [0.25, 0.3) is 0 Å². The molecule has 1 N–H and O–H groups in total. The summed E-state index contributed by atoms with van der Waals surface area (Å²) in [7, 11) is 0. The number of rotatable bonds is 4. The van der Waals surface area contributed by atoms with Gasteiger partial charge in [0.2, 0.25) is 0 Å². The predicted molar refractivity (Wildman–Crippen MR) is 54.8 cm³/mol. The number of aliphatic hydroxyl groups excluding tert-OH is 1. The number of aromatic nitrogens is 2. The van der Waals surface area contributed by atoms with Crippen molar-refractivity contribution in [3.63, 3.8) is 0 Å². The van der Waals surface area contributed by atoms with Crippen LogP contribution < -0.4 is 0 Å². The van der Waals surface area contributed by atoms with Crippen molar-refractivity contribution in [3.05, 3.63) is 18.5 Å². The molecule has 1 heterocycles. The highest BCUT2D eigenvalue weighted by molar-refractivity contribution is 5.08. The van der Waals surface area contributed by atoms with E-state index in [9.17, 15) is 5.11 Å². The molecule has 0 aliphatic heterocycles. The van der Waals surface area contributed by atoms with Crippen LogP contribution in [0.2, 0.25) is 0 Å². The average Bonchev–Trinajstić information content (AvgIpc) is 2.56. The molecule has 0 bridgehead atoms. The first-order valence-electron chi connectivity index (χ1n) is 5.18. The first kappa shape index (κ1) is 9.71. The summed E-state index contributed by atoms with van der Waals surface area (Å²) in [6.45, 7) is 5.68. The fourth-order valence-electron chi connectivity index (χ4n) is 2.34. The van der Waals surface area contributed by atoms with E-state index in [4.69, 9.17) is 0 Å². The lowest BCUT2D eigenvalue weighted by molar-refractivity contribution is 0.165. The average molecular weight is 194 g/mol. The van der Waals surface area contributed by atoms with Gasteiger partial charge >= 0.3 is 0 Å². The molecule has 0 spiro atoms. The molecule has 1 aliphatic carbocycles. The molecule has 78 valence electrons. The van der Waals surface area contributed by atoms with Gasteiger partial charge in [0.1, 0.15) is 0 Å². The van der Waals surface area contributed by atoms with Crippen molar-refractivity contribution in [2.75, 3.05) is 6.61 Å². The van der Waals surface area contributed by atoms with Crippen molar-refractivity contribution in [3.8, 4) is 0 Å². The molecule has 0 amide bonds. The minimum atomic E-state index is 0.152. The maximum Gasteiger partial charge on any atom is 0.0493 e. The minimum absolute atomic E-state index is 0.152. The highest BCUT2D eigenvalue weighted by Gasteiger charge is 2.59. The molecule has 0 saturated heterocycles. The summed E-state index contributed by atoms with van der Waals surface area (Å²) < 4.78 is 1.94. The zero-order valence-corrected chi connectivity index (χ0v) is 8.90. The lowest BCUT2D eigenvalue weighted by Gasteiger charge is -2.17. The van der Waals surface area contributed by atoms with Gasteiger partial charge in [0.05, 0.1) is 0 Å². The van der Waals surface area contributed by atoms with E-state index >= 15 is 0 Å². The van der Waals surface area contributed by atoms with E-state index < -0.39 is 0 Å². The van der Waals surface area contributed by atoms with Gasteiger partial charge in [-0.1, -0.05) is 13.8 Å². The van der Waals surface area contributed by atoms with Gasteiger partial charge in [0, 0.05) is 31.0 Å². The van der Waals surface area contributed by atoms with Crippen LogP contribution >= 0.6 is 0 Å². The number of aliphatic hydroxyl groups is 1. The smallest absolute Gasteiger partial charge is 0.0493 e. The Morgan fingerprint density at radius 3 is 2.64 bits per heavy atom. The van der Waals surface area contributed by atoms with Crippen LogP contribution in [-0.2, 0) is 6.54 Å². The lowest BCUT2D eigenvalue weighted by Crippen LogP contribution is -2.17. The summed E-state index contributed by atoms with van der Waals surface area (Å²) in [5.74, 6) is 0. The van der Waals surface area contributed by atoms with E-state index in [1.54, 1.807) is 6.20 Å². The fraction of sp³-hybridized carbons (Fsp3) is 0.727. The fourth-order valence-corrected chi connectivity index (χ4v) is 2.34. The second-order valence-electron chi connectivity index (χ2n) is 5.02. The largest absolute Gasteiger partial charge is 0.396 e. The van der Waals surface area contributed by atoms with Crippen molar-refractivity contribution in [2.45, 2.75) is 33.2 Å². The number of hydrogen-bond donors (Lipinski definition) is 1. The molecule has 1 unspecified atom stereocenters. The Kier molecular flexibility index (Phi) is 2.14. The van der Waals surface area contributed by atoms with Crippen molar-refractivity contribution >= 4 is 0 Å². The summed E-state index contributed by atoms with van der Waals surface area (Å²) in [6, 6.07) is 1.93. The maximum absolute atomic E-state index is 9.39. The highest BCUT2D eigenvalue weighted by Crippen LogP contribution is 2.65. The first-order chi connectivity index (χ1) is 6.60. The quantitative estimate of drug-likeness (QED) is 0.792. The van der Waals surface area contributed by atoms with E-state index in [1.807, 2.05) is 16.9 Å². The molecule has 3 heteroatoms. The van der Waals surface area contributed by atoms with Crippen molar-refractivity contribution in [2.24, 2.45) is 10.8 Å². The van der Waals surface area contributed by atoms with Crippen LogP contribution in [0.3, 0.4) is 0 Å². The molecule has 0 radical (unpaired) electrons. The molecule has 14 heavy (non-hydrogen) atoms. The van der Waals surface area contributed by atoms with Crippen LogP contribution in [-0.4, -0.2) is 21.5 Å². The Balaban J connectivity index is 1.92. The molecular weight excluding hydrogens is 176 g/mol. The third-order valence-corrected chi connectivity index (χ3v) is 3.77. The van der Waals surface area contributed by atoms with Crippen LogP contribution in [0.1, 0.15) is 26.7 Å². The number of nitrogens with zero attached hydrogens (tertiary/aromatic N) is 2. The SMILES string of the molecule is CC1(C)CC1(CO)CCn1cccn1. The van der Waals surface area contributed by atoms with Gasteiger partial charge in [0.25, 0.3) is 0 Å². The Morgan fingerprint density at radius 1 is 1.50 bits per heavy atom. The van der Waals surface area contributed by atoms with Gasteiger partial charge in [-0.2, -0.15) is 5.10 Å². The summed E-state index contributed by atoms with van der Waals surface area (Å²) in [5, 5.41) is 13.6. The van der Waals surface area contributed by atoms with E-state index in [-0.39, 0.29) is 5.41 Å². The molecule has 1 aromatic rings. The zero-order chi connectivity index (χ0) is 10.2. The molecular formula is C11H18N2O. The monoisotopic (exact) mass is 194 g/mol. The molecule has 1 saturated carbocycles. The van der Waals surface area contributed by atoms with Crippen molar-refractivity contribution in [1.29, 1.82) is 0 Å². The molecule has 1 fully saturated rings. The number of aryl methyl sites for hydroxylation is 1.